The normalized spacial score (nSPS) is 14.6. The van der Waals surface area contributed by atoms with Gasteiger partial charge in [-0.25, -0.2) is 0 Å². The molecule has 0 heterocycles. The molecule has 0 aliphatic heterocycles. The van der Waals surface area contributed by atoms with Crippen LogP contribution in [0.25, 0.3) is 0 Å². The van der Waals surface area contributed by atoms with E-state index >= 15 is 0 Å². The summed E-state index contributed by atoms with van der Waals surface area (Å²) in [6, 6.07) is 8.79. The molecule has 1 aromatic rings. The van der Waals surface area contributed by atoms with E-state index in [1.807, 2.05) is 4.90 Å². The summed E-state index contributed by atoms with van der Waals surface area (Å²) in [6.45, 7) is 2.56. The molecule has 0 bridgehead atoms. The molecule has 1 amide bonds. The summed E-state index contributed by atoms with van der Waals surface area (Å²) in [7, 11) is 1.39. The van der Waals surface area contributed by atoms with E-state index in [1.54, 1.807) is 0 Å². The van der Waals surface area contributed by atoms with Crippen molar-refractivity contribution in [1.82, 2.24) is 4.90 Å². The second-order valence-electron chi connectivity index (χ2n) is 6.69. The zero-order valence-corrected chi connectivity index (χ0v) is 14.9. The molecule has 132 valence electrons. The quantitative estimate of drug-likeness (QED) is 0.683. The highest BCUT2D eigenvalue weighted by Crippen LogP contribution is 2.24. The Bertz CT molecular complexity index is 532. The van der Waals surface area contributed by atoms with E-state index in [4.69, 9.17) is 4.74 Å². The van der Waals surface area contributed by atoms with Gasteiger partial charge in [-0.15, -0.1) is 0 Å². The van der Waals surface area contributed by atoms with Crippen molar-refractivity contribution in [3.63, 3.8) is 0 Å². The summed E-state index contributed by atoms with van der Waals surface area (Å²) in [6.07, 6.45) is 7.08. The van der Waals surface area contributed by atoms with Crippen molar-refractivity contribution >= 4 is 11.9 Å². The van der Waals surface area contributed by atoms with Gasteiger partial charge in [0.1, 0.15) is 0 Å². The van der Waals surface area contributed by atoms with Crippen molar-refractivity contribution < 1.29 is 14.3 Å². The minimum atomic E-state index is -0.245. The number of nitrogens with zero attached hydrogens (tertiary/aromatic N) is 1. The molecular weight excluding hydrogens is 302 g/mol. The third-order valence-corrected chi connectivity index (χ3v) is 4.85. The molecule has 1 saturated carbocycles. The fourth-order valence-electron chi connectivity index (χ4n) is 3.38. The topological polar surface area (TPSA) is 46.6 Å². The first-order chi connectivity index (χ1) is 11.6. The largest absolute Gasteiger partial charge is 0.469 e. The maximum Gasteiger partial charge on any atom is 0.307 e. The number of ether oxygens (including phenoxy) is 1. The van der Waals surface area contributed by atoms with E-state index in [0.717, 1.165) is 25.7 Å². The number of hydrogen-bond donors (Lipinski definition) is 0. The van der Waals surface area contributed by atoms with Gasteiger partial charge in [0.05, 0.1) is 13.5 Å². The summed E-state index contributed by atoms with van der Waals surface area (Å²) in [5, 5.41) is 0. The molecular formula is C20H29NO3. The van der Waals surface area contributed by atoms with E-state index in [-0.39, 0.29) is 18.3 Å². The first kappa shape index (κ1) is 18.5. The predicted molar refractivity (Wildman–Crippen MR) is 94.7 cm³/mol. The molecule has 0 N–H and O–H groups in total. The molecule has 0 saturated heterocycles. The Kier molecular flexibility index (Phi) is 7.29. The van der Waals surface area contributed by atoms with E-state index in [9.17, 15) is 9.59 Å². The number of rotatable bonds is 8. The molecule has 4 nitrogen and oxygen atoms in total. The molecule has 24 heavy (non-hydrogen) atoms. The Morgan fingerprint density at radius 1 is 1.12 bits per heavy atom. The fraction of sp³-hybridized carbons (Fsp3) is 0.600. The minimum Gasteiger partial charge on any atom is -0.469 e. The Balaban J connectivity index is 1.84. The lowest BCUT2D eigenvalue weighted by Crippen LogP contribution is -2.40. The van der Waals surface area contributed by atoms with Crippen LogP contribution in [0.1, 0.15) is 56.1 Å². The first-order valence-electron chi connectivity index (χ1n) is 9.02. The molecule has 1 aliphatic rings. The average molecular weight is 331 g/mol. The van der Waals surface area contributed by atoms with Crippen LogP contribution in [-0.4, -0.2) is 36.5 Å². The molecule has 0 unspecified atom stereocenters. The van der Waals surface area contributed by atoms with Crippen LogP contribution in [0.5, 0.6) is 0 Å². The first-order valence-corrected chi connectivity index (χ1v) is 9.02. The van der Waals surface area contributed by atoms with Crippen molar-refractivity contribution in [2.75, 3.05) is 13.7 Å². The zero-order chi connectivity index (χ0) is 17.4. The second kappa shape index (κ2) is 9.45. The highest BCUT2D eigenvalue weighted by molar-refractivity contribution is 5.77. The average Bonchev–Trinajstić information content (AvgIpc) is 3.11. The van der Waals surface area contributed by atoms with Gasteiger partial charge in [0, 0.05) is 19.0 Å². The lowest BCUT2D eigenvalue weighted by Gasteiger charge is -2.29. The van der Waals surface area contributed by atoms with Crippen LogP contribution >= 0.6 is 0 Å². The summed E-state index contributed by atoms with van der Waals surface area (Å²) >= 11 is 0. The molecule has 0 radical (unpaired) electrons. The molecule has 1 fully saturated rings. The number of hydrogen-bond acceptors (Lipinski definition) is 3. The smallest absolute Gasteiger partial charge is 0.307 e. The van der Waals surface area contributed by atoms with Crippen molar-refractivity contribution in [1.29, 1.82) is 0 Å². The molecule has 1 aromatic carbocycles. The van der Waals surface area contributed by atoms with Crippen LogP contribution in [0.3, 0.4) is 0 Å². The van der Waals surface area contributed by atoms with Crippen molar-refractivity contribution in [2.24, 2.45) is 0 Å². The maximum absolute atomic E-state index is 12.6. The summed E-state index contributed by atoms with van der Waals surface area (Å²) in [4.78, 5) is 26.0. The predicted octanol–water partition coefficient (Wildman–Crippen LogP) is 3.65. The second-order valence-corrected chi connectivity index (χ2v) is 6.69. The molecule has 0 atom stereocenters. The van der Waals surface area contributed by atoms with Crippen LogP contribution in [0.4, 0.5) is 0 Å². The minimum absolute atomic E-state index is 0.179. The van der Waals surface area contributed by atoms with E-state index in [1.165, 1.54) is 31.1 Å². The molecule has 4 heteroatoms. The van der Waals surface area contributed by atoms with Gasteiger partial charge >= 0.3 is 5.97 Å². The Morgan fingerprint density at radius 3 is 2.42 bits per heavy atom. The third kappa shape index (κ3) is 5.66. The Labute approximate surface area is 145 Å². The molecule has 0 spiro atoms. The highest BCUT2D eigenvalue weighted by atomic mass is 16.5. The molecule has 0 aromatic heterocycles. The molecule has 1 aliphatic carbocycles. The number of amides is 1. The van der Waals surface area contributed by atoms with Gasteiger partial charge in [-0.05, 0) is 38.2 Å². The number of esters is 1. The van der Waals surface area contributed by atoms with Gasteiger partial charge < -0.3 is 9.64 Å². The standard InChI is InChI=1S/C20H29NO3/c1-16-10-12-17(13-11-16)6-5-9-19(22)21(15-14-20(23)24-2)18-7-3-4-8-18/h10-13,18H,3-9,14-15H2,1-2H3. The Morgan fingerprint density at radius 2 is 1.79 bits per heavy atom. The van der Waals surface area contributed by atoms with Crippen molar-refractivity contribution in [2.45, 2.75) is 64.3 Å². The third-order valence-electron chi connectivity index (χ3n) is 4.85. The lowest BCUT2D eigenvalue weighted by molar-refractivity contribution is -0.142. The van der Waals surface area contributed by atoms with Crippen LogP contribution in [-0.2, 0) is 20.7 Å². The van der Waals surface area contributed by atoms with E-state index < -0.39 is 0 Å². The van der Waals surface area contributed by atoms with Gasteiger partial charge in [0.25, 0.3) is 0 Å². The van der Waals surface area contributed by atoms with E-state index in [0.29, 0.717) is 19.0 Å². The fourth-order valence-corrected chi connectivity index (χ4v) is 3.38. The lowest BCUT2D eigenvalue weighted by atomic mass is 10.1. The summed E-state index contributed by atoms with van der Waals surface area (Å²) in [5.74, 6) is -0.0663. The van der Waals surface area contributed by atoms with Crippen LogP contribution in [0.15, 0.2) is 24.3 Å². The van der Waals surface area contributed by atoms with Gasteiger partial charge in [0.2, 0.25) is 5.91 Å². The number of methoxy groups -OCH3 is 1. The number of aryl methyl sites for hydroxylation is 2. The Hall–Kier alpha value is -1.84. The van der Waals surface area contributed by atoms with Gasteiger partial charge in [-0.3, -0.25) is 9.59 Å². The maximum atomic E-state index is 12.6. The monoisotopic (exact) mass is 331 g/mol. The van der Waals surface area contributed by atoms with Crippen LogP contribution in [0.2, 0.25) is 0 Å². The van der Waals surface area contributed by atoms with Gasteiger partial charge in [0.15, 0.2) is 0 Å². The van der Waals surface area contributed by atoms with Crippen molar-refractivity contribution in [3.8, 4) is 0 Å². The van der Waals surface area contributed by atoms with Crippen LogP contribution < -0.4 is 0 Å². The number of carbonyl (C=O) groups is 2. The molecule has 2 rings (SSSR count). The zero-order valence-electron chi connectivity index (χ0n) is 14.9. The number of carbonyl (C=O) groups excluding carboxylic acids is 2. The SMILES string of the molecule is COC(=O)CCN(C(=O)CCCc1ccc(C)cc1)C1CCCC1. The van der Waals surface area contributed by atoms with Crippen molar-refractivity contribution in [3.05, 3.63) is 35.4 Å². The summed E-state index contributed by atoms with van der Waals surface area (Å²) < 4.78 is 4.71. The highest BCUT2D eigenvalue weighted by Gasteiger charge is 2.26. The van der Waals surface area contributed by atoms with Crippen LogP contribution in [0, 0.1) is 6.92 Å². The number of benzene rings is 1. The van der Waals surface area contributed by atoms with Gasteiger partial charge in [-0.1, -0.05) is 42.7 Å². The summed E-state index contributed by atoms with van der Waals surface area (Å²) in [5.41, 5.74) is 2.53. The van der Waals surface area contributed by atoms with Gasteiger partial charge in [-0.2, -0.15) is 0 Å². The van der Waals surface area contributed by atoms with E-state index in [2.05, 4.69) is 31.2 Å².